The van der Waals surface area contributed by atoms with E-state index in [0.29, 0.717) is 10.6 Å². The summed E-state index contributed by atoms with van der Waals surface area (Å²) in [6.45, 7) is 0. The van der Waals surface area contributed by atoms with Crippen molar-refractivity contribution in [3.63, 3.8) is 0 Å². The van der Waals surface area contributed by atoms with E-state index < -0.39 is 30.4 Å². The molecule has 0 saturated carbocycles. The number of halogens is 5. The van der Waals surface area contributed by atoms with Crippen LogP contribution in [0.4, 0.5) is 18.9 Å². The Hall–Kier alpha value is -2.25. The minimum absolute atomic E-state index is 0.121. The molecule has 4 nitrogen and oxygen atoms in total. The highest BCUT2D eigenvalue weighted by Crippen LogP contribution is 2.34. The maximum absolute atomic E-state index is 13.0. The van der Waals surface area contributed by atoms with E-state index in [1.54, 1.807) is 6.07 Å². The molecule has 0 aliphatic carbocycles. The van der Waals surface area contributed by atoms with Crippen molar-refractivity contribution in [3.8, 4) is 0 Å². The van der Waals surface area contributed by atoms with E-state index in [1.807, 2.05) is 0 Å². The predicted octanol–water partition coefficient (Wildman–Crippen LogP) is 5.69. The molecule has 0 unspecified atom stereocenters. The van der Waals surface area contributed by atoms with Gasteiger partial charge in [-0.3, -0.25) is 9.59 Å². The molecule has 1 amide bonds. The average Bonchev–Trinajstić information content (AvgIpc) is 2.60. The monoisotopic (exact) mass is 433 g/mol. The van der Waals surface area contributed by atoms with E-state index in [1.165, 1.54) is 36.4 Å². The van der Waals surface area contributed by atoms with Gasteiger partial charge in [-0.25, -0.2) is 0 Å². The summed E-state index contributed by atoms with van der Waals surface area (Å²) in [6.07, 6.45) is -5.85. The molecule has 28 heavy (non-hydrogen) atoms. The minimum atomic E-state index is -4.56. The molecule has 2 aromatic rings. The van der Waals surface area contributed by atoms with Crippen LogP contribution < -0.4 is 5.32 Å². The lowest BCUT2D eigenvalue weighted by Gasteiger charge is -2.20. The zero-order valence-electron chi connectivity index (χ0n) is 14.4. The molecule has 0 saturated heterocycles. The van der Waals surface area contributed by atoms with Gasteiger partial charge in [0.2, 0.25) is 5.91 Å². The van der Waals surface area contributed by atoms with Crippen LogP contribution in [0.2, 0.25) is 10.0 Å². The number of hydrogen-bond acceptors (Lipinski definition) is 2. The molecule has 0 bridgehead atoms. The lowest BCUT2D eigenvalue weighted by atomic mass is 9.94. The zero-order valence-corrected chi connectivity index (χ0v) is 15.9. The number of amides is 1. The number of nitrogens with one attached hydrogen (secondary N) is 1. The van der Waals surface area contributed by atoms with Crippen molar-refractivity contribution >= 4 is 40.8 Å². The summed E-state index contributed by atoms with van der Waals surface area (Å²) in [4.78, 5) is 23.3. The number of benzene rings is 2. The summed E-state index contributed by atoms with van der Waals surface area (Å²) in [7, 11) is 0. The van der Waals surface area contributed by atoms with E-state index in [-0.39, 0.29) is 29.1 Å². The molecule has 2 rings (SSSR count). The van der Waals surface area contributed by atoms with Crippen molar-refractivity contribution in [1.82, 2.24) is 0 Å². The highest BCUT2D eigenvalue weighted by atomic mass is 35.5. The molecule has 1 atom stereocenters. The van der Waals surface area contributed by atoms with Crippen LogP contribution in [0.25, 0.3) is 0 Å². The normalized spacial score (nSPS) is 12.5. The maximum atomic E-state index is 13.0. The van der Waals surface area contributed by atoms with E-state index >= 15 is 0 Å². The first kappa shape index (κ1) is 22.0. The first-order valence-electron chi connectivity index (χ1n) is 8.18. The lowest BCUT2D eigenvalue weighted by molar-refractivity contribution is -0.146. The summed E-state index contributed by atoms with van der Waals surface area (Å²) in [5.74, 6) is -3.36. The van der Waals surface area contributed by atoms with Crippen molar-refractivity contribution in [2.45, 2.75) is 31.4 Å². The van der Waals surface area contributed by atoms with Crippen LogP contribution in [0, 0.1) is 0 Å². The van der Waals surface area contributed by atoms with Crippen molar-refractivity contribution in [3.05, 3.63) is 63.6 Å². The summed E-state index contributed by atoms with van der Waals surface area (Å²) in [5.41, 5.74) is 0.869. The van der Waals surface area contributed by atoms with Gasteiger partial charge in [-0.1, -0.05) is 41.4 Å². The number of carboxylic acids is 1. The van der Waals surface area contributed by atoms with Crippen LogP contribution in [0.5, 0.6) is 0 Å². The van der Waals surface area contributed by atoms with Gasteiger partial charge in [-0.15, -0.1) is 0 Å². The number of aliphatic carboxylic acids is 1. The third-order valence-corrected chi connectivity index (χ3v) is 4.52. The largest absolute Gasteiger partial charge is 0.481 e. The standard InChI is InChI=1S/C19H16Cl2F3NO3/c20-13-5-3-12(4-6-13)14(10-19(22,23)24)18(28)25-16-9-11(1-7-15(16)21)2-8-17(26)27/h1,3-7,9,14H,2,8,10H2,(H,25,28)(H,26,27)/t14-/m0/s1. The molecular weight excluding hydrogens is 418 g/mol. The highest BCUT2D eigenvalue weighted by molar-refractivity contribution is 6.33. The number of carbonyl (C=O) groups is 2. The average molecular weight is 434 g/mol. The highest BCUT2D eigenvalue weighted by Gasteiger charge is 2.36. The Kier molecular flexibility index (Phi) is 7.32. The number of hydrogen-bond donors (Lipinski definition) is 2. The van der Waals surface area contributed by atoms with Gasteiger partial charge in [-0.05, 0) is 41.8 Å². The van der Waals surface area contributed by atoms with E-state index in [0.717, 1.165) is 0 Å². The Bertz CT molecular complexity index is 854. The van der Waals surface area contributed by atoms with Crippen molar-refractivity contribution in [2.24, 2.45) is 0 Å². The van der Waals surface area contributed by atoms with Gasteiger partial charge in [0, 0.05) is 11.4 Å². The Balaban J connectivity index is 2.26. The first-order chi connectivity index (χ1) is 13.0. The van der Waals surface area contributed by atoms with Gasteiger partial charge in [-0.2, -0.15) is 13.2 Å². The summed E-state index contributed by atoms with van der Waals surface area (Å²) < 4.78 is 39.0. The van der Waals surface area contributed by atoms with Crippen LogP contribution in [0.3, 0.4) is 0 Å². The molecule has 2 aromatic carbocycles. The van der Waals surface area contributed by atoms with E-state index in [4.69, 9.17) is 28.3 Å². The van der Waals surface area contributed by atoms with Crippen LogP contribution in [0.1, 0.15) is 29.9 Å². The first-order valence-corrected chi connectivity index (χ1v) is 8.94. The number of carbonyl (C=O) groups excluding carboxylic acids is 1. The number of alkyl halides is 3. The molecule has 0 fully saturated rings. The van der Waals surface area contributed by atoms with Crippen molar-refractivity contribution in [2.75, 3.05) is 5.32 Å². The van der Waals surface area contributed by atoms with Crippen LogP contribution in [-0.2, 0) is 16.0 Å². The molecular formula is C19H16Cl2F3NO3. The number of carboxylic acid groups (broad SMARTS) is 1. The van der Waals surface area contributed by atoms with Crippen molar-refractivity contribution < 1.29 is 27.9 Å². The van der Waals surface area contributed by atoms with Crippen LogP contribution in [-0.4, -0.2) is 23.2 Å². The molecule has 2 N–H and O–H groups in total. The molecule has 0 aliphatic heterocycles. The molecule has 0 radical (unpaired) electrons. The SMILES string of the molecule is O=C(O)CCc1ccc(Cl)c(NC(=O)[C@@H](CC(F)(F)F)c2ccc(Cl)cc2)c1. The quantitative estimate of drug-likeness (QED) is 0.589. The molecule has 0 aliphatic rings. The molecule has 150 valence electrons. The smallest absolute Gasteiger partial charge is 0.390 e. The second kappa shape index (κ2) is 9.30. The Labute approximate surface area is 169 Å². The van der Waals surface area contributed by atoms with E-state index in [9.17, 15) is 22.8 Å². The lowest BCUT2D eigenvalue weighted by Crippen LogP contribution is -2.26. The third-order valence-electron chi connectivity index (χ3n) is 3.94. The Morgan fingerprint density at radius 2 is 1.71 bits per heavy atom. The van der Waals surface area contributed by atoms with Gasteiger partial charge in [0.05, 0.1) is 23.0 Å². The predicted molar refractivity (Wildman–Crippen MR) is 101 cm³/mol. The fraction of sp³-hybridized carbons (Fsp3) is 0.263. The van der Waals surface area contributed by atoms with Gasteiger partial charge in [0.1, 0.15) is 0 Å². The maximum Gasteiger partial charge on any atom is 0.390 e. The van der Waals surface area contributed by atoms with Gasteiger partial charge in [0.25, 0.3) is 0 Å². The van der Waals surface area contributed by atoms with E-state index in [2.05, 4.69) is 5.32 Å². The third kappa shape index (κ3) is 6.73. The summed E-state index contributed by atoms with van der Waals surface area (Å²) in [5, 5.41) is 11.7. The summed E-state index contributed by atoms with van der Waals surface area (Å²) >= 11 is 11.8. The van der Waals surface area contributed by atoms with Gasteiger partial charge in [0.15, 0.2) is 0 Å². The van der Waals surface area contributed by atoms with Crippen molar-refractivity contribution in [1.29, 1.82) is 0 Å². The summed E-state index contributed by atoms with van der Waals surface area (Å²) in [6, 6.07) is 10.0. The fourth-order valence-corrected chi connectivity index (χ4v) is 2.87. The van der Waals surface area contributed by atoms with Crippen LogP contribution >= 0.6 is 23.2 Å². The zero-order chi connectivity index (χ0) is 20.9. The second-order valence-electron chi connectivity index (χ2n) is 6.12. The molecule has 0 aromatic heterocycles. The Morgan fingerprint density at radius 3 is 2.29 bits per heavy atom. The molecule has 9 heteroatoms. The Morgan fingerprint density at radius 1 is 1.07 bits per heavy atom. The molecule has 0 spiro atoms. The number of anilines is 1. The topological polar surface area (TPSA) is 66.4 Å². The number of aryl methyl sites for hydroxylation is 1. The molecule has 0 heterocycles. The fourth-order valence-electron chi connectivity index (χ4n) is 2.58. The second-order valence-corrected chi connectivity index (χ2v) is 6.96. The van der Waals surface area contributed by atoms with Gasteiger partial charge >= 0.3 is 12.1 Å². The van der Waals surface area contributed by atoms with Crippen LogP contribution in [0.15, 0.2) is 42.5 Å². The minimum Gasteiger partial charge on any atom is -0.481 e. The number of rotatable bonds is 7. The van der Waals surface area contributed by atoms with Gasteiger partial charge < -0.3 is 10.4 Å².